The van der Waals surface area contributed by atoms with Crippen LogP contribution in [-0.2, 0) is 0 Å². The Balaban J connectivity index is 2.28. The summed E-state index contributed by atoms with van der Waals surface area (Å²) in [4.78, 5) is 5.97. The van der Waals surface area contributed by atoms with Crippen LogP contribution in [0.25, 0.3) is 0 Å². The van der Waals surface area contributed by atoms with Crippen LogP contribution in [0.5, 0.6) is 5.75 Å². The molecule has 0 aliphatic carbocycles. The molecule has 0 unspecified atom stereocenters. The molecule has 3 nitrogen and oxygen atoms in total. The van der Waals surface area contributed by atoms with Crippen LogP contribution < -0.4 is 4.74 Å². The van der Waals surface area contributed by atoms with E-state index in [9.17, 15) is 0 Å². The molecule has 0 atom stereocenters. The quantitative estimate of drug-likeness (QED) is 0.527. The topological polar surface area (TPSA) is 24.8 Å². The first-order valence-corrected chi connectivity index (χ1v) is 5.06. The van der Waals surface area contributed by atoms with Crippen molar-refractivity contribution in [1.29, 1.82) is 0 Å². The van der Waals surface area contributed by atoms with Gasteiger partial charge >= 0.3 is 0 Å². The molecule has 0 saturated carbocycles. The fraction of sp³-hybridized carbons (Fsp3) is 0.417. The van der Waals surface area contributed by atoms with Crippen molar-refractivity contribution in [2.75, 3.05) is 27.2 Å². The van der Waals surface area contributed by atoms with Gasteiger partial charge in [0.2, 0.25) is 0 Å². The molecule has 0 saturated heterocycles. The number of rotatable bonds is 6. The highest BCUT2D eigenvalue weighted by molar-refractivity contribution is 5.47. The van der Waals surface area contributed by atoms with Crippen LogP contribution in [0, 0.1) is 0 Å². The molecule has 0 fully saturated rings. The number of ether oxygens (including phenoxy) is 1. The fourth-order valence-electron chi connectivity index (χ4n) is 1.22. The highest BCUT2D eigenvalue weighted by Gasteiger charge is 1.94. The summed E-state index contributed by atoms with van der Waals surface area (Å²) in [6, 6.07) is 7.63. The van der Waals surface area contributed by atoms with Crippen LogP contribution in [-0.4, -0.2) is 38.9 Å². The Morgan fingerprint density at radius 2 is 1.93 bits per heavy atom. The molecular formula is C12H18N2O. The lowest BCUT2D eigenvalue weighted by Crippen LogP contribution is -2.15. The molecule has 1 aromatic carbocycles. The van der Waals surface area contributed by atoms with Crippen molar-refractivity contribution in [1.82, 2.24) is 4.90 Å². The Morgan fingerprint density at radius 1 is 1.27 bits per heavy atom. The first kappa shape index (κ1) is 11.7. The molecule has 0 spiro atoms. The van der Waals surface area contributed by atoms with Gasteiger partial charge in [-0.25, -0.2) is 0 Å². The molecule has 0 amide bonds. The largest absolute Gasteiger partial charge is 0.494 e. The van der Waals surface area contributed by atoms with E-state index in [4.69, 9.17) is 4.74 Å². The van der Waals surface area contributed by atoms with Crippen molar-refractivity contribution < 1.29 is 4.74 Å². The van der Waals surface area contributed by atoms with E-state index in [1.807, 2.05) is 24.3 Å². The van der Waals surface area contributed by atoms with Gasteiger partial charge in [-0.1, -0.05) is 0 Å². The normalized spacial score (nSPS) is 10.3. The summed E-state index contributed by atoms with van der Waals surface area (Å²) in [5.41, 5.74) is 0.871. The second kappa shape index (κ2) is 6.19. The second-order valence-corrected chi connectivity index (χ2v) is 3.66. The Bertz CT molecular complexity index is 293. The number of benzene rings is 1. The maximum atomic E-state index is 5.57. The Kier molecular flexibility index (Phi) is 4.84. The van der Waals surface area contributed by atoms with E-state index < -0.39 is 0 Å². The molecule has 3 heteroatoms. The van der Waals surface area contributed by atoms with Gasteiger partial charge in [0, 0.05) is 6.54 Å². The van der Waals surface area contributed by atoms with Crippen LogP contribution >= 0.6 is 0 Å². The summed E-state index contributed by atoms with van der Waals surface area (Å²) in [7, 11) is 4.12. The monoisotopic (exact) mass is 206 g/mol. The first-order valence-electron chi connectivity index (χ1n) is 5.06. The highest BCUT2D eigenvalue weighted by Crippen LogP contribution is 2.17. The predicted octanol–water partition coefficient (Wildman–Crippen LogP) is 2.35. The zero-order valence-corrected chi connectivity index (χ0v) is 9.44. The predicted molar refractivity (Wildman–Crippen MR) is 64.3 cm³/mol. The smallest absolute Gasteiger partial charge is 0.119 e. The van der Waals surface area contributed by atoms with Crippen LogP contribution in [0.1, 0.15) is 6.42 Å². The number of hydrogen-bond acceptors (Lipinski definition) is 3. The molecule has 82 valence electrons. The molecule has 0 heterocycles. The van der Waals surface area contributed by atoms with Crippen LogP contribution in [0.15, 0.2) is 29.3 Å². The molecule has 0 radical (unpaired) electrons. The van der Waals surface area contributed by atoms with Crippen molar-refractivity contribution in [3.63, 3.8) is 0 Å². The van der Waals surface area contributed by atoms with Gasteiger partial charge in [0.15, 0.2) is 0 Å². The maximum Gasteiger partial charge on any atom is 0.119 e. The lowest BCUT2D eigenvalue weighted by molar-refractivity contribution is 0.281. The molecular weight excluding hydrogens is 188 g/mol. The zero-order chi connectivity index (χ0) is 11.1. The van der Waals surface area contributed by atoms with E-state index in [1.54, 1.807) is 0 Å². The molecule has 0 aromatic heterocycles. The SMILES string of the molecule is C=Nc1ccc(OCCCN(C)C)cc1. The standard InChI is InChI=1S/C12H18N2O/c1-13-11-5-7-12(8-6-11)15-10-4-9-14(2)3/h5-8H,1,4,9-10H2,2-3H3. The third-order valence-electron chi connectivity index (χ3n) is 2.04. The van der Waals surface area contributed by atoms with Gasteiger partial charge < -0.3 is 9.64 Å². The van der Waals surface area contributed by atoms with Crippen molar-refractivity contribution >= 4 is 12.4 Å². The first-order chi connectivity index (χ1) is 7.22. The number of aliphatic imine (C=N–C) groups is 1. The summed E-state index contributed by atoms with van der Waals surface area (Å²) in [6.45, 7) is 5.26. The summed E-state index contributed by atoms with van der Waals surface area (Å²) in [5.74, 6) is 0.890. The van der Waals surface area contributed by atoms with Gasteiger partial charge in [-0.2, -0.15) is 0 Å². The van der Waals surface area contributed by atoms with E-state index in [0.29, 0.717) is 0 Å². The lowest BCUT2D eigenvalue weighted by atomic mass is 10.3. The molecule has 1 rings (SSSR count). The molecule has 0 aliphatic rings. The maximum absolute atomic E-state index is 5.57. The summed E-state index contributed by atoms with van der Waals surface area (Å²) in [6.07, 6.45) is 1.04. The van der Waals surface area contributed by atoms with Crippen molar-refractivity contribution in [2.45, 2.75) is 6.42 Å². The fourth-order valence-corrected chi connectivity index (χ4v) is 1.22. The van der Waals surface area contributed by atoms with Crippen molar-refractivity contribution in [3.8, 4) is 5.75 Å². The van der Waals surface area contributed by atoms with Gasteiger partial charge in [0.25, 0.3) is 0 Å². The van der Waals surface area contributed by atoms with E-state index in [2.05, 4.69) is 30.7 Å². The van der Waals surface area contributed by atoms with Crippen LogP contribution in [0.4, 0.5) is 5.69 Å². The van der Waals surface area contributed by atoms with E-state index in [-0.39, 0.29) is 0 Å². The summed E-state index contributed by atoms with van der Waals surface area (Å²) in [5, 5.41) is 0. The van der Waals surface area contributed by atoms with E-state index >= 15 is 0 Å². The van der Waals surface area contributed by atoms with E-state index in [0.717, 1.165) is 31.0 Å². The third kappa shape index (κ3) is 4.61. The molecule has 1 aromatic rings. The molecule has 15 heavy (non-hydrogen) atoms. The minimum atomic E-state index is 0.749. The Labute approximate surface area is 91.4 Å². The Morgan fingerprint density at radius 3 is 2.47 bits per heavy atom. The highest BCUT2D eigenvalue weighted by atomic mass is 16.5. The average Bonchev–Trinajstić information content (AvgIpc) is 2.25. The van der Waals surface area contributed by atoms with Gasteiger partial charge in [-0.15, -0.1) is 0 Å². The summed E-state index contributed by atoms with van der Waals surface area (Å²) < 4.78 is 5.57. The van der Waals surface area contributed by atoms with Gasteiger partial charge in [0.05, 0.1) is 12.3 Å². The second-order valence-electron chi connectivity index (χ2n) is 3.66. The minimum Gasteiger partial charge on any atom is -0.494 e. The minimum absolute atomic E-state index is 0.749. The van der Waals surface area contributed by atoms with Crippen LogP contribution in [0.3, 0.4) is 0 Å². The third-order valence-corrected chi connectivity index (χ3v) is 2.04. The molecule has 0 bridgehead atoms. The molecule has 0 N–H and O–H groups in total. The van der Waals surface area contributed by atoms with Crippen molar-refractivity contribution in [2.24, 2.45) is 4.99 Å². The van der Waals surface area contributed by atoms with Gasteiger partial charge in [-0.3, -0.25) is 4.99 Å². The average molecular weight is 206 g/mol. The van der Waals surface area contributed by atoms with Crippen LogP contribution in [0.2, 0.25) is 0 Å². The zero-order valence-electron chi connectivity index (χ0n) is 9.44. The number of hydrogen-bond donors (Lipinski definition) is 0. The molecule has 0 aliphatic heterocycles. The summed E-state index contributed by atoms with van der Waals surface area (Å²) >= 11 is 0. The van der Waals surface area contributed by atoms with Crippen molar-refractivity contribution in [3.05, 3.63) is 24.3 Å². The van der Waals surface area contributed by atoms with Gasteiger partial charge in [0.1, 0.15) is 5.75 Å². The lowest BCUT2D eigenvalue weighted by Gasteiger charge is -2.10. The van der Waals surface area contributed by atoms with Gasteiger partial charge in [-0.05, 0) is 51.5 Å². The number of nitrogens with zero attached hydrogens (tertiary/aromatic N) is 2. The van der Waals surface area contributed by atoms with E-state index in [1.165, 1.54) is 0 Å². The Hall–Kier alpha value is -1.35.